The van der Waals surface area contributed by atoms with E-state index in [9.17, 15) is 0 Å². The molecular formula is C13H11N3. The Bertz CT molecular complexity index is 661. The molecule has 1 heterocycles. The maximum Gasteiger partial charge on any atom is 0.112 e. The predicted molar refractivity (Wildman–Crippen MR) is 66.6 cm³/mol. The average Bonchev–Trinajstić information content (AvgIpc) is 2.35. The van der Waals surface area contributed by atoms with Gasteiger partial charge in [0.05, 0.1) is 22.2 Å². The van der Waals surface area contributed by atoms with Crippen molar-refractivity contribution < 1.29 is 0 Å². The number of para-hydroxylation sites is 3. The number of hydrogen-bond acceptors (Lipinski definition) is 3. The van der Waals surface area contributed by atoms with Crippen LogP contribution in [0.4, 0.5) is 5.69 Å². The smallest absolute Gasteiger partial charge is 0.112 e. The first-order valence-corrected chi connectivity index (χ1v) is 5.22. The summed E-state index contributed by atoms with van der Waals surface area (Å²) in [7, 11) is 1.89. The van der Waals surface area contributed by atoms with Crippen molar-refractivity contribution in [1.29, 1.82) is 0 Å². The fourth-order valence-corrected chi connectivity index (χ4v) is 1.84. The lowest BCUT2D eigenvalue weighted by atomic mass is 10.2. The van der Waals surface area contributed by atoms with Crippen LogP contribution >= 0.6 is 0 Å². The Morgan fingerprint density at radius 1 is 0.812 bits per heavy atom. The fraction of sp³-hybridized carbons (Fsp3) is 0.0769. The average molecular weight is 209 g/mol. The SMILES string of the molecule is CNc1cccc2nc3ccccc3nc12. The quantitative estimate of drug-likeness (QED) is 0.626. The highest BCUT2D eigenvalue weighted by molar-refractivity contribution is 5.93. The third kappa shape index (κ3) is 1.29. The molecule has 78 valence electrons. The minimum absolute atomic E-state index is 0.920. The van der Waals surface area contributed by atoms with Gasteiger partial charge in [0.25, 0.3) is 0 Å². The number of anilines is 1. The number of aromatic nitrogens is 2. The van der Waals surface area contributed by atoms with Crippen molar-refractivity contribution in [1.82, 2.24) is 9.97 Å². The van der Waals surface area contributed by atoms with E-state index >= 15 is 0 Å². The van der Waals surface area contributed by atoms with Crippen molar-refractivity contribution in [2.45, 2.75) is 0 Å². The standard InChI is InChI=1S/C13H11N3/c1-14-11-7-4-8-12-13(11)16-10-6-3-2-5-9(10)15-12/h2-8,14H,1H3. The Labute approximate surface area is 93.1 Å². The molecule has 0 fully saturated rings. The second-order valence-electron chi connectivity index (χ2n) is 3.64. The van der Waals surface area contributed by atoms with Gasteiger partial charge in [-0.05, 0) is 24.3 Å². The highest BCUT2D eigenvalue weighted by Crippen LogP contribution is 2.22. The van der Waals surface area contributed by atoms with Crippen LogP contribution < -0.4 is 5.32 Å². The van der Waals surface area contributed by atoms with Crippen LogP contribution in [0, 0.1) is 0 Å². The molecule has 1 aromatic heterocycles. The third-order valence-electron chi connectivity index (χ3n) is 2.64. The van der Waals surface area contributed by atoms with Gasteiger partial charge in [-0.2, -0.15) is 0 Å². The number of nitrogens with one attached hydrogen (secondary N) is 1. The van der Waals surface area contributed by atoms with E-state index in [4.69, 9.17) is 0 Å². The summed E-state index contributed by atoms with van der Waals surface area (Å²) < 4.78 is 0. The van der Waals surface area contributed by atoms with Crippen LogP contribution in [0.1, 0.15) is 0 Å². The van der Waals surface area contributed by atoms with Gasteiger partial charge in [-0.1, -0.05) is 18.2 Å². The van der Waals surface area contributed by atoms with E-state index in [1.807, 2.05) is 49.5 Å². The Balaban J connectivity index is 2.46. The van der Waals surface area contributed by atoms with Crippen LogP contribution in [0.15, 0.2) is 42.5 Å². The first kappa shape index (κ1) is 9.09. The van der Waals surface area contributed by atoms with Crippen molar-refractivity contribution >= 4 is 27.8 Å². The molecule has 0 unspecified atom stereocenters. The van der Waals surface area contributed by atoms with Gasteiger partial charge in [0.15, 0.2) is 0 Å². The molecule has 3 nitrogen and oxygen atoms in total. The predicted octanol–water partition coefficient (Wildman–Crippen LogP) is 2.82. The van der Waals surface area contributed by atoms with E-state index in [0.29, 0.717) is 0 Å². The summed E-state index contributed by atoms with van der Waals surface area (Å²) in [6.45, 7) is 0. The highest BCUT2D eigenvalue weighted by atomic mass is 14.9. The van der Waals surface area contributed by atoms with Crippen molar-refractivity contribution in [2.24, 2.45) is 0 Å². The summed E-state index contributed by atoms with van der Waals surface area (Å²) in [6, 6.07) is 13.9. The summed E-state index contributed by atoms with van der Waals surface area (Å²) in [5, 5.41) is 3.13. The summed E-state index contributed by atoms with van der Waals surface area (Å²) in [4.78, 5) is 9.21. The zero-order chi connectivity index (χ0) is 11.0. The van der Waals surface area contributed by atoms with Gasteiger partial charge in [0, 0.05) is 7.05 Å². The first-order chi connectivity index (χ1) is 7.88. The van der Waals surface area contributed by atoms with Crippen LogP contribution in [0.25, 0.3) is 22.1 Å². The lowest BCUT2D eigenvalue weighted by Crippen LogP contribution is -1.93. The van der Waals surface area contributed by atoms with E-state index < -0.39 is 0 Å². The number of hydrogen-bond donors (Lipinski definition) is 1. The van der Waals surface area contributed by atoms with Crippen LogP contribution in [-0.2, 0) is 0 Å². The highest BCUT2D eigenvalue weighted by Gasteiger charge is 2.03. The summed E-state index contributed by atoms with van der Waals surface area (Å²) in [5.41, 5.74) is 4.71. The molecule has 0 saturated heterocycles. The molecule has 0 aliphatic heterocycles. The molecule has 0 spiro atoms. The molecule has 2 aromatic carbocycles. The molecule has 0 aliphatic carbocycles. The zero-order valence-electron chi connectivity index (χ0n) is 8.94. The van der Waals surface area contributed by atoms with Gasteiger partial charge in [0.1, 0.15) is 5.52 Å². The van der Waals surface area contributed by atoms with E-state index in [0.717, 1.165) is 27.8 Å². The van der Waals surface area contributed by atoms with Crippen LogP contribution in [0.3, 0.4) is 0 Å². The molecule has 0 aliphatic rings. The Kier molecular flexibility index (Phi) is 1.96. The van der Waals surface area contributed by atoms with E-state index in [1.54, 1.807) is 0 Å². The largest absolute Gasteiger partial charge is 0.386 e. The van der Waals surface area contributed by atoms with Gasteiger partial charge in [-0.15, -0.1) is 0 Å². The van der Waals surface area contributed by atoms with Crippen molar-refractivity contribution in [3.8, 4) is 0 Å². The maximum absolute atomic E-state index is 4.62. The Hall–Kier alpha value is -2.16. The van der Waals surface area contributed by atoms with Gasteiger partial charge < -0.3 is 5.32 Å². The van der Waals surface area contributed by atoms with Gasteiger partial charge in [0.2, 0.25) is 0 Å². The minimum atomic E-state index is 0.920. The van der Waals surface area contributed by atoms with Crippen molar-refractivity contribution in [3.05, 3.63) is 42.5 Å². The molecule has 3 heteroatoms. The molecule has 1 N–H and O–H groups in total. The second kappa shape index (κ2) is 3.45. The molecule has 3 aromatic rings. The van der Waals surface area contributed by atoms with Crippen LogP contribution in [-0.4, -0.2) is 17.0 Å². The summed E-state index contributed by atoms with van der Waals surface area (Å²) in [6.07, 6.45) is 0. The molecule has 16 heavy (non-hydrogen) atoms. The molecule has 0 amide bonds. The number of rotatable bonds is 1. The number of fused-ring (bicyclic) bond motifs is 2. The van der Waals surface area contributed by atoms with Gasteiger partial charge in [-0.25, -0.2) is 9.97 Å². The van der Waals surface area contributed by atoms with Crippen LogP contribution in [0.2, 0.25) is 0 Å². The van der Waals surface area contributed by atoms with Gasteiger partial charge >= 0.3 is 0 Å². The third-order valence-corrected chi connectivity index (χ3v) is 2.64. The maximum atomic E-state index is 4.62. The molecule has 0 radical (unpaired) electrons. The number of benzene rings is 2. The zero-order valence-corrected chi connectivity index (χ0v) is 8.94. The van der Waals surface area contributed by atoms with Gasteiger partial charge in [-0.3, -0.25) is 0 Å². The lowest BCUT2D eigenvalue weighted by molar-refractivity contribution is 1.38. The summed E-state index contributed by atoms with van der Waals surface area (Å²) in [5.74, 6) is 0. The van der Waals surface area contributed by atoms with E-state index in [1.165, 1.54) is 0 Å². The minimum Gasteiger partial charge on any atom is -0.386 e. The second-order valence-corrected chi connectivity index (χ2v) is 3.64. The molecule has 0 atom stereocenters. The Morgan fingerprint density at radius 2 is 1.50 bits per heavy atom. The monoisotopic (exact) mass is 209 g/mol. The molecular weight excluding hydrogens is 198 g/mol. The molecule has 0 bridgehead atoms. The van der Waals surface area contributed by atoms with E-state index in [2.05, 4.69) is 15.3 Å². The topological polar surface area (TPSA) is 37.8 Å². The lowest BCUT2D eigenvalue weighted by Gasteiger charge is -2.05. The first-order valence-electron chi connectivity index (χ1n) is 5.22. The normalized spacial score (nSPS) is 10.8. The van der Waals surface area contributed by atoms with E-state index in [-0.39, 0.29) is 0 Å². The fourth-order valence-electron chi connectivity index (χ4n) is 1.84. The molecule has 3 rings (SSSR count). The van der Waals surface area contributed by atoms with Crippen molar-refractivity contribution in [3.63, 3.8) is 0 Å². The number of nitrogens with zero attached hydrogens (tertiary/aromatic N) is 2. The Morgan fingerprint density at radius 3 is 2.25 bits per heavy atom. The van der Waals surface area contributed by atoms with Crippen LogP contribution in [0.5, 0.6) is 0 Å². The van der Waals surface area contributed by atoms with Crippen molar-refractivity contribution in [2.75, 3.05) is 12.4 Å². The summed E-state index contributed by atoms with van der Waals surface area (Å²) >= 11 is 0. The molecule has 0 saturated carbocycles.